The fourth-order valence-electron chi connectivity index (χ4n) is 4.57. The summed E-state index contributed by atoms with van der Waals surface area (Å²) in [5, 5.41) is 2.83. The number of fused-ring (bicyclic) bond motifs is 3. The minimum absolute atomic E-state index is 0.0308. The van der Waals surface area contributed by atoms with E-state index in [1.807, 2.05) is 12.1 Å². The molecule has 4 nitrogen and oxygen atoms in total. The number of ketones is 1. The minimum atomic E-state index is -4.53. The van der Waals surface area contributed by atoms with Crippen molar-refractivity contribution in [3.63, 3.8) is 0 Å². The van der Waals surface area contributed by atoms with Crippen molar-refractivity contribution >= 4 is 17.4 Å². The molecular weight excluding hydrogens is 441 g/mol. The number of amides is 1. The molecule has 170 valence electrons. The first kappa shape index (κ1) is 21.7. The number of rotatable bonds is 3. The van der Waals surface area contributed by atoms with Crippen LogP contribution in [0, 0.1) is 13.8 Å². The number of alkyl halides is 3. The molecule has 5 rings (SSSR count). The third-order valence-electron chi connectivity index (χ3n) is 6.11. The Hall–Kier alpha value is -4.13. The Bertz CT molecular complexity index is 1480. The number of para-hydroxylation sites is 1. The highest BCUT2D eigenvalue weighted by atomic mass is 19.4. The smallest absolute Gasteiger partial charge is 0.322 e. The van der Waals surface area contributed by atoms with Gasteiger partial charge in [0.25, 0.3) is 5.91 Å². The van der Waals surface area contributed by atoms with Gasteiger partial charge in [0, 0.05) is 28.2 Å². The van der Waals surface area contributed by atoms with Crippen molar-refractivity contribution in [1.82, 2.24) is 4.57 Å². The number of anilines is 1. The van der Waals surface area contributed by atoms with Crippen LogP contribution in [0.15, 0.2) is 72.8 Å². The van der Waals surface area contributed by atoms with E-state index in [4.69, 9.17) is 0 Å². The average Bonchev–Trinajstić information content (AvgIpc) is 3.26. The molecule has 3 aromatic carbocycles. The molecule has 0 spiro atoms. The van der Waals surface area contributed by atoms with E-state index in [0.717, 1.165) is 17.2 Å². The third kappa shape index (κ3) is 3.41. The number of halogens is 3. The Balaban J connectivity index is 1.50. The van der Waals surface area contributed by atoms with E-state index in [1.54, 1.807) is 50.2 Å². The van der Waals surface area contributed by atoms with Gasteiger partial charge in [0.05, 0.1) is 16.8 Å². The van der Waals surface area contributed by atoms with Crippen LogP contribution in [-0.4, -0.2) is 16.3 Å². The highest BCUT2D eigenvalue weighted by Crippen LogP contribution is 2.38. The molecule has 4 aromatic rings. The molecule has 7 heteroatoms. The predicted molar refractivity (Wildman–Crippen MR) is 124 cm³/mol. The SMILES string of the molecule is Cc1cc(C(=O)Nc2ccc3c(c2)-c2ccccc2C3=O)c(C)n1-c1ccccc1C(F)(F)F. The van der Waals surface area contributed by atoms with E-state index < -0.39 is 17.6 Å². The lowest BCUT2D eigenvalue weighted by Crippen LogP contribution is -2.15. The Morgan fingerprint density at radius 2 is 1.47 bits per heavy atom. The molecule has 1 aliphatic rings. The summed E-state index contributed by atoms with van der Waals surface area (Å²) in [5.41, 5.74) is 3.60. The summed E-state index contributed by atoms with van der Waals surface area (Å²) in [6.07, 6.45) is -4.53. The van der Waals surface area contributed by atoms with Crippen molar-refractivity contribution in [2.75, 3.05) is 5.32 Å². The van der Waals surface area contributed by atoms with Crippen LogP contribution in [0.25, 0.3) is 16.8 Å². The quantitative estimate of drug-likeness (QED) is 0.331. The van der Waals surface area contributed by atoms with Gasteiger partial charge in [-0.3, -0.25) is 9.59 Å². The number of carbonyl (C=O) groups is 2. The van der Waals surface area contributed by atoms with Crippen molar-refractivity contribution in [3.8, 4) is 16.8 Å². The van der Waals surface area contributed by atoms with Gasteiger partial charge in [-0.1, -0.05) is 36.4 Å². The molecule has 0 bridgehead atoms. The van der Waals surface area contributed by atoms with Crippen LogP contribution in [0.1, 0.15) is 43.2 Å². The van der Waals surface area contributed by atoms with Crippen LogP contribution in [0.4, 0.5) is 18.9 Å². The van der Waals surface area contributed by atoms with E-state index in [2.05, 4.69) is 5.32 Å². The molecule has 0 fully saturated rings. The lowest BCUT2D eigenvalue weighted by atomic mass is 10.1. The van der Waals surface area contributed by atoms with Gasteiger partial charge >= 0.3 is 6.18 Å². The average molecular weight is 460 g/mol. The van der Waals surface area contributed by atoms with Crippen LogP contribution in [0.2, 0.25) is 0 Å². The second-order valence-corrected chi connectivity index (χ2v) is 8.22. The summed E-state index contributed by atoms with van der Waals surface area (Å²) in [5.74, 6) is -0.503. The third-order valence-corrected chi connectivity index (χ3v) is 6.11. The van der Waals surface area contributed by atoms with Gasteiger partial charge in [0.15, 0.2) is 5.78 Å². The van der Waals surface area contributed by atoms with Crippen molar-refractivity contribution in [2.24, 2.45) is 0 Å². The van der Waals surface area contributed by atoms with Crippen molar-refractivity contribution in [1.29, 1.82) is 0 Å². The molecule has 34 heavy (non-hydrogen) atoms. The maximum atomic E-state index is 13.6. The zero-order chi connectivity index (χ0) is 24.2. The fraction of sp³-hybridized carbons (Fsp3) is 0.111. The second-order valence-electron chi connectivity index (χ2n) is 8.22. The van der Waals surface area contributed by atoms with Gasteiger partial charge in [0.1, 0.15) is 0 Å². The van der Waals surface area contributed by atoms with Gasteiger partial charge < -0.3 is 9.88 Å². The summed E-state index contributed by atoms with van der Waals surface area (Å²) in [6.45, 7) is 3.28. The van der Waals surface area contributed by atoms with Crippen molar-refractivity contribution in [2.45, 2.75) is 20.0 Å². The maximum Gasteiger partial charge on any atom is 0.418 e. The van der Waals surface area contributed by atoms with Crippen molar-refractivity contribution in [3.05, 3.63) is 106 Å². The highest BCUT2D eigenvalue weighted by molar-refractivity contribution is 6.22. The molecule has 1 N–H and O–H groups in total. The zero-order valence-corrected chi connectivity index (χ0v) is 18.3. The highest BCUT2D eigenvalue weighted by Gasteiger charge is 2.34. The maximum absolute atomic E-state index is 13.6. The van der Waals surface area contributed by atoms with E-state index >= 15 is 0 Å². The molecule has 0 atom stereocenters. The molecule has 1 aromatic heterocycles. The Kier molecular flexibility index (Phi) is 4.93. The summed E-state index contributed by atoms with van der Waals surface area (Å²) in [4.78, 5) is 25.7. The number of aryl methyl sites for hydroxylation is 1. The first-order valence-electron chi connectivity index (χ1n) is 10.6. The molecule has 0 aliphatic heterocycles. The molecule has 1 heterocycles. The van der Waals surface area contributed by atoms with Crippen LogP contribution in [-0.2, 0) is 6.18 Å². The monoisotopic (exact) mass is 460 g/mol. The molecule has 1 aliphatic carbocycles. The Morgan fingerprint density at radius 3 is 2.21 bits per heavy atom. The molecule has 0 saturated heterocycles. The molecular formula is C27H19F3N2O2. The predicted octanol–water partition coefficient (Wildman–Crippen LogP) is 6.58. The summed E-state index contributed by atoms with van der Waals surface area (Å²) in [7, 11) is 0. The molecule has 0 unspecified atom stereocenters. The Labute approximate surface area is 193 Å². The summed E-state index contributed by atoms with van der Waals surface area (Å²) >= 11 is 0. The van der Waals surface area contributed by atoms with E-state index in [-0.39, 0.29) is 17.0 Å². The lowest BCUT2D eigenvalue weighted by molar-refractivity contribution is -0.137. The minimum Gasteiger partial charge on any atom is -0.322 e. The van der Waals surface area contributed by atoms with Gasteiger partial charge in [0.2, 0.25) is 0 Å². The number of hydrogen-bond acceptors (Lipinski definition) is 2. The molecule has 0 saturated carbocycles. The topological polar surface area (TPSA) is 51.1 Å². The summed E-state index contributed by atoms with van der Waals surface area (Å²) < 4.78 is 42.2. The number of nitrogens with one attached hydrogen (secondary N) is 1. The fourth-order valence-corrected chi connectivity index (χ4v) is 4.57. The van der Waals surface area contributed by atoms with Crippen LogP contribution >= 0.6 is 0 Å². The van der Waals surface area contributed by atoms with Gasteiger partial charge in [-0.25, -0.2) is 0 Å². The summed E-state index contributed by atoms with van der Waals surface area (Å²) in [6, 6.07) is 19.2. The van der Waals surface area contributed by atoms with Gasteiger partial charge in [-0.2, -0.15) is 13.2 Å². The first-order valence-corrected chi connectivity index (χ1v) is 10.6. The molecule has 1 amide bonds. The number of aromatic nitrogens is 1. The zero-order valence-electron chi connectivity index (χ0n) is 18.3. The standard InChI is InChI=1S/C27H19F3N2O2/c1-15-13-21(16(2)32(15)24-10-6-5-9-23(24)27(28,29)30)26(34)31-17-11-12-20-22(14-17)18-7-3-4-8-19(18)25(20)33/h3-14H,1-2H3,(H,31,34). The molecule has 0 radical (unpaired) electrons. The number of nitrogens with zero attached hydrogens (tertiary/aromatic N) is 1. The van der Waals surface area contributed by atoms with Gasteiger partial charge in [-0.15, -0.1) is 0 Å². The Morgan fingerprint density at radius 1 is 0.824 bits per heavy atom. The van der Waals surface area contributed by atoms with E-state index in [9.17, 15) is 22.8 Å². The largest absolute Gasteiger partial charge is 0.418 e. The van der Waals surface area contributed by atoms with Crippen LogP contribution in [0.3, 0.4) is 0 Å². The normalized spacial score (nSPS) is 12.4. The van der Waals surface area contributed by atoms with E-state index in [1.165, 1.54) is 22.8 Å². The number of carbonyl (C=O) groups excluding carboxylic acids is 2. The number of benzene rings is 3. The first-order chi connectivity index (χ1) is 16.2. The number of hydrogen-bond donors (Lipinski definition) is 1. The van der Waals surface area contributed by atoms with Crippen LogP contribution in [0.5, 0.6) is 0 Å². The van der Waals surface area contributed by atoms with Crippen LogP contribution < -0.4 is 5.32 Å². The second kappa shape index (κ2) is 7.73. The van der Waals surface area contributed by atoms with Gasteiger partial charge in [-0.05, 0) is 61.4 Å². The lowest BCUT2D eigenvalue weighted by Gasteiger charge is -2.17. The van der Waals surface area contributed by atoms with E-state index in [0.29, 0.717) is 28.2 Å². The van der Waals surface area contributed by atoms with Crippen molar-refractivity contribution < 1.29 is 22.8 Å².